The van der Waals surface area contributed by atoms with Crippen LogP contribution >= 0.6 is 11.6 Å². The molecule has 1 aromatic rings. The third-order valence-corrected chi connectivity index (χ3v) is 5.22. The van der Waals surface area contributed by atoms with Gasteiger partial charge in [-0.15, -0.1) is 0 Å². The molecule has 1 amide bonds. The molecule has 0 saturated carbocycles. The van der Waals surface area contributed by atoms with E-state index in [1.54, 1.807) is 19.3 Å². The Morgan fingerprint density at radius 1 is 1.38 bits per heavy atom. The standard InChI is InChI=1S/C16H24ClN3O/c1-4-16(5-2)6-8-20(9-7-16)15(21)12-10-13(17)14(18-3)19-11-12/h10-11H,4-9H2,1-3H3,(H,18,19). The van der Waals surface area contributed by atoms with E-state index >= 15 is 0 Å². The molecule has 0 bridgehead atoms. The van der Waals surface area contributed by atoms with E-state index < -0.39 is 0 Å². The molecule has 0 atom stereocenters. The highest BCUT2D eigenvalue weighted by atomic mass is 35.5. The molecule has 1 N–H and O–H groups in total. The van der Waals surface area contributed by atoms with Gasteiger partial charge in [-0.2, -0.15) is 0 Å². The number of hydrogen-bond donors (Lipinski definition) is 1. The molecule has 1 aliphatic heterocycles. The van der Waals surface area contributed by atoms with E-state index in [1.165, 1.54) is 12.8 Å². The Balaban J connectivity index is 2.07. The second kappa shape index (κ2) is 6.65. The summed E-state index contributed by atoms with van der Waals surface area (Å²) in [7, 11) is 1.76. The monoisotopic (exact) mass is 309 g/mol. The maximum Gasteiger partial charge on any atom is 0.255 e. The summed E-state index contributed by atoms with van der Waals surface area (Å²) in [5, 5.41) is 3.38. The lowest BCUT2D eigenvalue weighted by atomic mass is 9.74. The van der Waals surface area contributed by atoms with Gasteiger partial charge in [-0.3, -0.25) is 4.79 Å². The van der Waals surface area contributed by atoms with Gasteiger partial charge in [0.25, 0.3) is 5.91 Å². The Morgan fingerprint density at radius 3 is 2.48 bits per heavy atom. The predicted molar refractivity (Wildman–Crippen MR) is 86.9 cm³/mol. The number of halogens is 1. The van der Waals surface area contributed by atoms with Crippen molar-refractivity contribution in [1.82, 2.24) is 9.88 Å². The summed E-state index contributed by atoms with van der Waals surface area (Å²) in [4.78, 5) is 18.7. The normalized spacial score (nSPS) is 17.6. The van der Waals surface area contributed by atoms with Crippen molar-refractivity contribution >= 4 is 23.3 Å². The van der Waals surface area contributed by atoms with E-state index in [1.807, 2.05) is 4.90 Å². The van der Waals surface area contributed by atoms with Crippen LogP contribution in [0.5, 0.6) is 0 Å². The summed E-state index contributed by atoms with van der Waals surface area (Å²) in [5.74, 6) is 0.635. The molecule has 1 saturated heterocycles. The summed E-state index contributed by atoms with van der Waals surface area (Å²) in [6.07, 6.45) is 6.15. The molecule has 21 heavy (non-hydrogen) atoms. The largest absolute Gasteiger partial charge is 0.372 e. The number of hydrogen-bond acceptors (Lipinski definition) is 3. The fraction of sp³-hybridized carbons (Fsp3) is 0.625. The molecule has 0 spiro atoms. The molecule has 2 heterocycles. The van der Waals surface area contributed by atoms with Gasteiger partial charge >= 0.3 is 0 Å². The second-order valence-corrected chi connectivity index (χ2v) is 6.21. The lowest BCUT2D eigenvalue weighted by molar-refractivity contribution is 0.0557. The van der Waals surface area contributed by atoms with Crippen molar-refractivity contribution in [3.63, 3.8) is 0 Å². The van der Waals surface area contributed by atoms with Crippen molar-refractivity contribution in [3.05, 3.63) is 22.8 Å². The summed E-state index contributed by atoms with van der Waals surface area (Å²) >= 11 is 6.11. The minimum absolute atomic E-state index is 0.0351. The Morgan fingerprint density at radius 2 is 2.00 bits per heavy atom. The summed E-state index contributed by atoms with van der Waals surface area (Å²) in [5.41, 5.74) is 0.988. The number of aromatic nitrogens is 1. The maximum absolute atomic E-state index is 12.5. The number of likely N-dealkylation sites (tertiary alicyclic amines) is 1. The lowest BCUT2D eigenvalue weighted by Gasteiger charge is -2.41. The van der Waals surface area contributed by atoms with Crippen LogP contribution in [0.3, 0.4) is 0 Å². The highest BCUT2D eigenvalue weighted by Gasteiger charge is 2.33. The third-order valence-electron chi connectivity index (χ3n) is 4.94. The lowest BCUT2D eigenvalue weighted by Crippen LogP contribution is -2.42. The first-order valence-electron chi connectivity index (χ1n) is 7.68. The van der Waals surface area contributed by atoms with E-state index in [-0.39, 0.29) is 5.91 Å². The number of nitrogens with one attached hydrogen (secondary N) is 1. The minimum Gasteiger partial charge on any atom is -0.372 e. The molecular weight excluding hydrogens is 286 g/mol. The first kappa shape index (κ1) is 16.1. The van der Waals surface area contributed by atoms with E-state index in [2.05, 4.69) is 24.1 Å². The highest BCUT2D eigenvalue weighted by Crippen LogP contribution is 2.38. The molecular formula is C16H24ClN3O. The van der Waals surface area contributed by atoms with Gasteiger partial charge in [0.15, 0.2) is 0 Å². The predicted octanol–water partition coefficient (Wildman–Crippen LogP) is 3.82. The smallest absolute Gasteiger partial charge is 0.255 e. The van der Waals surface area contributed by atoms with Crippen molar-refractivity contribution in [3.8, 4) is 0 Å². The van der Waals surface area contributed by atoms with Gasteiger partial charge in [0, 0.05) is 26.3 Å². The first-order chi connectivity index (χ1) is 10.0. The average Bonchev–Trinajstić information content (AvgIpc) is 2.54. The van der Waals surface area contributed by atoms with Crippen LogP contribution in [0, 0.1) is 5.41 Å². The molecule has 0 radical (unpaired) electrons. The summed E-state index contributed by atoms with van der Waals surface area (Å²) < 4.78 is 0. The maximum atomic E-state index is 12.5. The number of amides is 1. The number of pyridine rings is 1. The van der Waals surface area contributed by atoms with Gasteiger partial charge in [-0.1, -0.05) is 38.3 Å². The molecule has 1 aromatic heterocycles. The van der Waals surface area contributed by atoms with Crippen LogP contribution in [0.25, 0.3) is 0 Å². The summed E-state index contributed by atoms with van der Waals surface area (Å²) in [6, 6.07) is 1.70. The number of anilines is 1. The zero-order valence-electron chi connectivity index (χ0n) is 13.1. The van der Waals surface area contributed by atoms with E-state index in [0.717, 1.165) is 25.9 Å². The Kier molecular flexibility index (Phi) is 5.09. The van der Waals surface area contributed by atoms with Crippen molar-refractivity contribution in [2.24, 2.45) is 5.41 Å². The Bertz CT molecular complexity index is 504. The van der Waals surface area contributed by atoms with Crippen molar-refractivity contribution < 1.29 is 4.79 Å². The number of nitrogens with zero attached hydrogens (tertiary/aromatic N) is 2. The Labute approximate surface area is 131 Å². The first-order valence-corrected chi connectivity index (χ1v) is 8.05. The number of carbonyl (C=O) groups is 1. The average molecular weight is 310 g/mol. The quantitative estimate of drug-likeness (QED) is 0.919. The van der Waals surface area contributed by atoms with Gasteiger partial charge < -0.3 is 10.2 Å². The van der Waals surface area contributed by atoms with Gasteiger partial charge in [0.2, 0.25) is 0 Å². The number of carbonyl (C=O) groups excluding carboxylic acids is 1. The zero-order chi connectivity index (χ0) is 15.5. The minimum atomic E-state index is 0.0351. The molecule has 0 aliphatic carbocycles. The van der Waals surface area contributed by atoms with E-state index in [9.17, 15) is 4.79 Å². The molecule has 5 heteroatoms. The molecule has 116 valence electrons. The van der Waals surface area contributed by atoms with Crippen LogP contribution in [-0.4, -0.2) is 35.9 Å². The van der Waals surface area contributed by atoms with Gasteiger partial charge in [0.05, 0.1) is 10.6 Å². The fourth-order valence-electron chi connectivity index (χ4n) is 3.06. The zero-order valence-corrected chi connectivity index (χ0v) is 13.8. The van der Waals surface area contributed by atoms with Crippen LogP contribution in [0.2, 0.25) is 5.02 Å². The van der Waals surface area contributed by atoms with Crippen LogP contribution in [-0.2, 0) is 0 Å². The van der Waals surface area contributed by atoms with Crippen LogP contribution in [0.4, 0.5) is 5.82 Å². The highest BCUT2D eigenvalue weighted by molar-refractivity contribution is 6.33. The topological polar surface area (TPSA) is 45.2 Å². The van der Waals surface area contributed by atoms with Crippen molar-refractivity contribution in [1.29, 1.82) is 0 Å². The molecule has 0 aromatic carbocycles. The van der Waals surface area contributed by atoms with Gasteiger partial charge in [-0.05, 0) is 24.3 Å². The molecule has 4 nitrogen and oxygen atoms in total. The Hall–Kier alpha value is -1.29. The molecule has 1 aliphatic rings. The van der Waals surface area contributed by atoms with Crippen molar-refractivity contribution in [2.75, 3.05) is 25.5 Å². The third kappa shape index (κ3) is 3.31. The van der Waals surface area contributed by atoms with Crippen LogP contribution < -0.4 is 5.32 Å². The SMILES string of the molecule is CCC1(CC)CCN(C(=O)c2cnc(NC)c(Cl)c2)CC1. The van der Waals surface area contributed by atoms with Gasteiger partial charge in [-0.25, -0.2) is 4.98 Å². The molecule has 0 unspecified atom stereocenters. The molecule has 1 fully saturated rings. The summed E-state index contributed by atoms with van der Waals surface area (Å²) in [6.45, 7) is 6.15. The van der Waals surface area contributed by atoms with Crippen LogP contribution in [0.15, 0.2) is 12.3 Å². The van der Waals surface area contributed by atoms with Crippen molar-refractivity contribution in [2.45, 2.75) is 39.5 Å². The fourth-order valence-corrected chi connectivity index (χ4v) is 3.32. The van der Waals surface area contributed by atoms with E-state index in [0.29, 0.717) is 21.8 Å². The second-order valence-electron chi connectivity index (χ2n) is 5.80. The number of piperidine rings is 1. The number of rotatable bonds is 4. The van der Waals surface area contributed by atoms with E-state index in [4.69, 9.17) is 11.6 Å². The van der Waals surface area contributed by atoms with Crippen LogP contribution in [0.1, 0.15) is 49.9 Å². The molecule has 2 rings (SSSR count). The van der Waals surface area contributed by atoms with Gasteiger partial charge in [0.1, 0.15) is 5.82 Å².